The summed E-state index contributed by atoms with van der Waals surface area (Å²) >= 11 is 0. The van der Waals surface area contributed by atoms with Gasteiger partial charge >= 0.3 is 0 Å². The van der Waals surface area contributed by atoms with Gasteiger partial charge in [-0.1, -0.05) is 13.8 Å². The van der Waals surface area contributed by atoms with Crippen LogP contribution in [0.15, 0.2) is 0 Å². The summed E-state index contributed by atoms with van der Waals surface area (Å²) in [5.74, 6) is 0.647. The number of carbonyl (C=O) groups excluding carboxylic acids is 1. The van der Waals surface area contributed by atoms with Gasteiger partial charge in [0.05, 0.1) is 12.0 Å². The summed E-state index contributed by atoms with van der Waals surface area (Å²) in [4.78, 5) is 12.0. The minimum absolute atomic E-state index is 0.00112. The average Bonchev–Trinajstić information content (AvgIpc) is 2.62. The Kier molecular flexibility index (Phi) is 5.22. The van der Waals surface area contributed by atoms with Crippen molar-refractivity contribution in [2.45, 2.75) is 45.8 Å². The van der Waals surface area contributed by atoms with E-state index in [0.29, 0.717) is 19.1 Å². The van der Waals surface area contributed by atoms with E-state index in [1.807, 2.05) is 6.92 Å². The first kappa shape index (κ1) is 13.5. The summed E-state index contributed by atoms with van der Waals surface area (Å²) in [7, 11) is 0. The van der Waals surface area contributed by atoms with Crippen molar-refractivity contribution in [2.24, 2.45) is 17.6 Å². The Balaban J connectivity index is 2.42. The van der Waals surface area contributed by atoms with Crippen LogP contribution < -0.4 is 11.1 Å². The van der Waals surface area contributed by atoms with Crippen LogP contribution in [-0.4, -0.2) is 31.2 Å². The van der Waals surface area contributed by atoms with E-state index in [1.54, 1.807) is 0 Å². The van der Waals surface area contributed by atoms with Gasteiger partial charge in [-0.15, -0.1) is 0 Å². The molecule has 3 unspecified atom stereocenters. The van der Waals surface area contributed by atoms with E-state index >= 15 is 0 Å². The number of nitrogens with one attached hydrogen (secondary N) is 1. The van der Waals surface area contributed by atoms with Gasteiger partial charge in [-0.05, 0) is 25.7 Å². The fraction of sp³-hybridized carbons (Fsp3) is 0.917. The molecule has 1 amide bonds. The van der Waals surface area contributed by atoms with Crippen LogP contribution in [0.5, 0.6) is 0 Å². The molecule has 0 aromatic rings. The van der Waals surface area contributed by atoms with Gasteiger partial charge in [-0.25, -0.2) is 0 Å². The van der Waals surface area contributed by atoms with Gasteiger partial charge < -0.3 is 15.8 Å². The van der Waals surface area contributed by atoms with Crippen LogP contribution in [0.4, 0.5) is 0 Å². The van der Waals surface area contributed by atoms with Crippen molar-refractivity contribution in [1.82, 2.24) is 5.32 Å². The lowest BCUT2D eigenvalue weighted by Gasteiger charge is -2.22. The third-order valence-electron chi connectivity index (χ3n) is 3.10. The Hall–Kier alpha value is -0.610. The third-order valence-corrected chi connectivity index (χ3v) is 3.10. The lowest BCUT2D eigenvalue weighted by molar-refractivity contribution is -0.127. The molecule has 4 heteroatoms. The molecule has 0 aromatic carbocycles. The van der Waals surface area contributed by atoms with Crippen molar-refractivity contribution in [3.63, 3.8) is 0 Å². The molecule has 0 aromatic heterocycles. The van der Waals surface area contributed by atoms with Crippen molar-refractivity contribution < 1.29 is 9.53 Å². The second-order valence-corrected chi connectivity index (χ2v) is 5.04. The molecule has 1 saturated heterocycles. The van der Waals surface area contributed by atoms with E-state index in [0.717, 1.165) is 12.8 Å². The lowest BCUT2D eigenvalue weighted by Crippen LogP contribution is -2.45. The van der Waals surface area contributed by atoms with Crippen LogP contribution in [0.3, 0.4) is 0 Å². The molecule has 16 heavy (non-hydrogen) atoms. The predicted octanol–water partition coefficient (Wildman–Crippen LogP) is 0.901. The van der Waals surface area contributed by atoms with Crippen molar-refractivity contribution in [1.29, 1.82) is 0 Å². The van der Waals surface area contributed by atoms with Gasteiger partial charge in [0, 0.05) is 19.2 Å². The summed E-state index contributed by atoms with van der Waals surface area (Å²) < 4.78 is 5.39. The molecular weight excluding hydrogens is 204 g/mol. The fourth-order valence-electron chi connectivity index (χ4n) is 2.17. The van der Waals surface area contributed by atoms with Crippen LogP contribution in [0.1, 0.15) is 33.6 Å². The van der Waals surface area contributed by atoms with E-state index in [9.17, 15) is 4.79 Å². The van der Waals surface area contributed by atoms with Crippen LogP contribution in [0, 0.1) is 11.8 Å². The van der Waals surface area contributed by atoms with Gasteiger partial charge in [-0.3, -0.25) is 4.79 Å². The van der Waals surface area contributed by atoms with Crippen molar-refractivity contribution in [3.8, 4) is 0 Å². The summed E-state index contributed by atoms with van der Waals surface area (Å²) in [5.41, 5.74) is 5.66. The summed E-state index contributed by atoms with van der Waals surface area (Å²) in [6.45, 7) is 7.42. The molecular formula is C12H24N2O2. The van der Waals surface area contributed by atoms with Gasteiger partial charge in [0.2, 0.25) is 5.91 Å². The monoisotopic (exact) mass is 228 g/mol. The fourth-order valence-corrected chi connectivity index (χ4v) is 2.17. The van der Waals surface area contributed by atoms with E-state index in [2.05, 4.69) is 19.2 Å². The minimum atomic E-state index is 0.00112. The molecule has 4 nitrogen and oxygen atoms in total. The SMILES string of the molecule is CC(C)CC(CN)NC(=O)C1CCOC1C. The summed E-state index contributed by atoms with van der Waals surface area (Å²) in [6.07, 6.45) is 1.80. The van der Waals surface area contributed by atoms with Crippen molar-refractivity contribution in [2.75, 3.05) is 13.2 Å². The quantitative estimate of drug-likeness (QED) is 0.735. The Morgan fingerprint density at radius 3 is 2.69 bits per heavy atom. The van der Waals surface area contributed by atoms with E-state index < -0.39 is 0 Å². The van der Waals surface area contributed by atoms with Crippen LogP contribution in [0.25, 0.3) is 0 Å². The van der Waals surface area contributed by atoms with Crippen LogP contribution in [-0.2, 0) is 9.53 Å². The number of nitrogens with two attached hydrogens (primary N) is 1. The van der Waals surface area contributed by atoms with Gasteiger partial charge in [-0.2, -0.15) is 0 Å². The molecule has 94 valence electrons. The second-order valence-electron chi connectivity index (χ2n) is 5.04. The largest absolute Gasteiger partial charge is 0.378 e. The molecule has 0 aliphatic carbocycles. The summed E-state index contributed by atoms with van der Waals surface area (Å²) in [6, 6.07) is 0.0975. The number of ether oxygens (including phenoxy) is 1. The molecule has 0 saturated carbocycles. The molecule has 0 spiro atoms. The molecule has 1 fully saturated rings. The highest BCUT2D eigenvalue weighted by Gasteiger charge is 2.31. The second kappa shape index (κ2) is 6.21. The Labute approximate surface area is 97.9 Å². The molecule has 1 rings (SSSR count). The zero-order valence-corrected chi connectivity index (χ0v) is 10.5. The maximum absolute atomic E-state index is 12.0. The molecule has 0 bridgehead atoms. The van der Waals surface area contributed by atoms with Crippen molar-refractivity contribution >= 4 is 5.91 Å². The standard InChI is InChI=1S/C12H24N2O2/c1-8(2)6-10(7-13)14-12(15)11-4-5-16-9(11)3/h8-11H,4-7,13H2,1-3H3,(H,14,15). The molecule has 1 aliphatic rings. The Morgan fingerprint density at radius 2 is 2.25 bits per heavy atom. The third kappa shape index (κ3) is 3.76. The molecule has 0 radical (unpaired) electrons. The first-order valence-electron chi connectivity index (χ1n) is 6.16. The van der Waals surface area contributed by atoms with E-state index in [1.165, 1.54) is 0 Å². The number of amides is 1. The highest BCUT2D eigenvalue weighted by atomic mass is 16.5. The van der Waals surface area contributed by atoms with Crippen molar-refractivity contribution in [3.05, 3.63) is 0 Å². The highest BCUT2D eigenvalue weighted by molar-refractivity contribution is 5.79. The van der Waals surface area contributed by atoms with Crippen LogP contribution in [0.2, 0.25) is 0 Å². The number of hydrogen-bond acceptors (Lipinski definition) is 3. The van der Waals surface area contributed by atoms with E-state index in [4.69, 9.17) is 10.5 Å². The number of carbonyl (C=O) groups is 1. The number of hydrogen-bond donors (Lipinski definition) is 2. The average molecular weight is 228 g/mol. The first-order chi connectivity index (χ1) is 7.54. The molecule has 3 N–H and O–H groups in total. The van der Waals surface area contributed by atoms with Crippen LogP contribution >= 0.6 is 0 Å². The lowest BCUT2D eigenvalue weighted by atomic mass is 9.99. The minimum Gasteiger partial charge on any atom is -0.378 e. The highest BCUT2D eigenvalue weighted by Crippen LogP contribution is 2.20. The maximum Gasteiger partial charge on any atom is 0.226 e. The van der Waals surface area contributed by atoms with Gasteiger partial charge in [0.15, 0.2) is 0 Å². The Bertz CT molecular complexity index is 231. The zero-order chi connectivity index (χ0) is 12.1. The maximum atomic E-state index is 12.0. The normalized spacial score (nSPS) is 27.1. The molecule has 1 aliphatic heterocycles. The molecule has 3 atom stereocenters. The topological polar surface area (TPSA) is 64.3 Å². The van der Waals surface area contributed by atoms with Gasteiger partial charge in [0.1, 0.15) is 0 Å². The smallest absolute Gasteiger partial charge is 0.226 e. The zero-order valence-electron chi connectivity index (χ0n) is 10.5. The predicted molar refractivity (Wildman–Crippen MR) is 64.0 cm³/mol. The first-order valence-corrected chi connectivity index (χ1v) is 6.16. The van der Waals surface area contributed by atoms with Gasteiger partial charge in [0.25, 0.3) is 0 Å². The Morgan fingerprint density at radius 1 is 1.56 bits per heavy atom. The molecule has 1 heterocycles. The van der Waals surface area contributed by atoms with E-state index in [-0.39, 0.29) is 24.0 Å². The number of rotatable bonds is 5. The summed E-state index contributed by atoms with van der Waals surface area (Å²) in [5, 5.41) is 3.03.